The van der Waals surface area contributed by atoms with E-state index in [0.717, 1.165) is 24.2 Å². The summed E-state index contributed by atoms with van der Waals surface area (Å²) >= 11 is 0. The van der Waals surface area contributed by atoms with Gasteiger partial charge in [0.15, 0.2) is 5.96 Å². The van der Waals surface area contributed by atoms with E-state index in [0.29, 0.717) is 18.1 Å². The van der Waals surface area contributed by atoms with Crippen LogP contribution in [0.25, 0.3) is 0 Å². The van der Waals surface area contributed by atoms with Gasteiger partial charge in [0, 0.05) is 25.5 Å². The standard InChI is InChI=1S/C23H28FN5.HI/c1-4-26-23(28-18(3)21-9-8-17(2)22(24)13-21)27-14-19-6-5-7-20(12-19)15-29-11-10-25-16-29;/h5-13,16,18H,4,14-15H2,1-3H3,(H2,26,27,28);1H. The Morgan fingerprint density at radius 2 is 2.00 bits per heavy atom. The topological polar surface area (TPSA) is 54.2 Å². The lowest BCUT2D eigenvalue weighted by molar-refractivity contribution is 0.607. The molecular weight excluding hydrogens is 492 g/mol. The van der Waals surface area contributed by atoms with E-state index in [-0.39, 0.29) is 35.8 Å². The van der Waals surface area contributed by atoms with Crippen molar-refractivity contribution in [3.63, 3.8) is 0 Å². The van der Waals surface area contributed by atoms with Gasteiger partial charge in [0.05, 0.1) is 18.9 Å². The monoisotopic (exact) mass is 521 g/mol. The molecule has 0 aliphatic carbocycles. The Morgan fingerprint density at radius 3 is 2.70 bits per heavy atom. The molecule has 2 aromatic carbocycles. The summed E-state index contributed by atoms with van der Waals surface area (Å²) in [6, 6.07) is 13.7. The Balaban J connectivity index is 0.00000320. The van der Waals surface area contributed by atoms with E-state index in [1.807, 2.05) is 37.0 Å². The molecule has 1 unspecified atom stereocenters. The van der Waals surface area contributed by atoms with Crippen LogP contribution in [0.2, 0.25) is 0 Å². The zero-order chi connectivity index (χ0) is 20.6. The molecule has 0 bridgehead atoms. The van der Waals surface area contributed by atoms with Gasteiger partial charge in [0.25, 0.3) is 0 Å². The second-order valence-electron chi connectivity index (χ2n) is 7.12. The zero-order valence-corrected chi connectivity index (χ0v) is 19.9. The fourth-order valence-electron chi connectivity index (χ4n) is 3.07. The van der Waals surface area contributed by atoms with E-state index in [9.17, 15) is 4.39 Å². The highest BCUT2D eigenvalue weighted by molar-refractivity contribution is 14.0. The van der Waals surface area contributed by atoms with Gasteiger partial charge in [-0.1, -0.05) is 36.4 Å². The predicted molar refractivity (Wildman–Crippen MR) is 131 cm³/mol. The maximum atomic E-state index is 13.9. The van der Waals surface area contributed by atoms with Crippen LogP contribution < -0.4 is 10.6 Å². The molecule has 0 aliphatic heterocycles. The highest BCUT2D eigenvalue weighted by Gasteiger charge is 2.10. The number of benzene rings is 2. The van der Waals surface area contributed by atoms with Gasteiger partial charge in [0.2, 0.25) is 0 Å². The maximum Gasteiger partial charge on any atom is 0.192 e. The van der Waals surface area contributed by atoms with Crippen molar-refractivity contribution in [2.75, 3.05) is 6.54 Å². The number of aliphatic imine (C=N–C) groups is 1. The summed E-state index contributed by atoms with van der Waals surface area (Å²) in [6.45, 7) is 7.89. The molecule has 0 saturated carbocycles. The summed E-state index contributed by atoms with van der Waals surface area (Å²) in [4.78, 5) is 8.79. The van der Waals surface area contributed by atoms with Gasteiger partial charge in [-0.05, 0) is 49.1 Å². The van der Waals surface area contributed by atoms with E-state index >= 15 is 0 Å². The van der Waals surface area contributed by atoms with Crippen molar-refractivity contribution in [3.8, 4) is 0 Å². The summed E-state index contributed by atoms with van der Waals surface area (Å²) in [7, 11) is 0. The Morgan fingerprint density at radius 1 is 1.20 bits per heavy atom. The Kier molecular flexibility index (Phi) is 9.29. The average Bonchev–Trinajstić information content (AvgIpc) is 3.21. The van der Waals surface area contributed by atoms with Crippen molar-refractivity contribution in [1.82, 2.24) is 20.2 Å². The van der Waals surface area contributed by atoms with Gasteiger partial charge in [-0.2, -0.15) is 0 Å². The van der Waals surface area contributed by atoms with Crippen molar-refractivity contribution in [2.45, 2.75) is 39.9 Å². The molecule has 0 fully saturated rings. The number of nitrogens with one attached hydrogen (secondary N) is 2. The third-order valence-electron chi connectivity index (χ3n) is 4.73. The molecule has 7 heteroatoms. The highest BCUT2D eigenvalue weighted by Crippen LogP contribution is 2.16. The number of hydrogen-bond acceptors (Lipinski definition) is 2. The van der Waals surface area contributed by atoms with E-state index in [2.05, 4.69) is 39.9 Å². The first-order chi connectivity index (χ1) is 14.0. The predicted octanol–water partition coefficient (Wildman–Crippen LogP) is 4.81. The molecule has 3 aromatic rings. The molecule has 1 atom stereocenters. The number of nitrogens with zero attached hydrogens (tertiary/aromatic N) is 3. The minimum atomic E-state index is -0.187. The van der Waals surface area contributed by atoms with Crippen molar-refractivity contribution in [2.24, 2.45) is 4.99 Å². The second-order valence-corrected chi connectivity index (χ2v) is 7.12. The van der Waals surface area contributed by atoms with Crippen LogP contribution in [0.4, 0.5) is 4.39 Å². The summed E-state index contributed by atoms with van der Waals surface area (Å²) in [6.07, 6.45) is 5.55. The molecule has 0 saturated heterocycles. The van der Waals surface area contributed by atoms with Crippen LogP contribution >= 0.6 is 24.0 Å². The van der Waals surface area contributed by atoms with Gasteiger partial charge >= 0.3 is 0 Å². The van der Waals surface area contributed by atoms with Crippen LogP contribution in [0.1, 0.15) is 42.1 Å². The number of hydrogen-bond donors (Lipinski definition) is 2. The largest absolute Gasteiger partial charge is 0.357 e. The van der Waals surface area contributed by atoms with Crippen LogP contribution in [0.15, 0.2) is 66.2 Å². The number of rotatable bonds is 7. The minimum Gasteiger partial charge on any atom is -0.357 e. The number of aryl methyl sites for hydroxylation is 1. The molecule has 3 rings (SSSR count). The Hall–Kier alpha value is -2.42. The van der Waals surface area contributed by atoms with Crippen molar-refractivity contribution in [1.29, 1.82) is 0 Å². The van der Waals surface area contributed by atoms with Gasteiger partial charge in [-0.15, -0.1) is 24.0 Å². The number of aromatic nitrogens is 2. The fraction of sp³-hybridized carbons (Fsp3) is 0.304. The second kappa shape index (κ2) is 11.7. The number of guanidine groups is 1. The van der Waals surface area contributed by atoms with Crippen LogP contribution in [-0.4, -0.2) is 22.1 Å². The van der Waals surface area contributed by atoms with E-state index in [4.69, 9.17) is 4.99 Å². The minimum absolute atomic E-state index is 0. The fourth-order valence-corrected chi connectivity index (χ4v) is 3.07. The van der Waals surface area contributed by atoms with E-state index in [1.165, 1.54) is 5.56 Å². The quantitative estimate of drug-likeness (QED) is 0.267. The van der Waals surface area contributed by atoms with E-state index in [1.54, 1.807) is 25.3 Å². The van der Waals surface area contributed by atoms with Crippen molar-refractivity contribution < 1.29 is 4.39 Å². The molecule has 1 heterocycles. The molecule has 2 N–H and O–H groups in total. The van der Waals surface area contributed by atoms with Crippen molar-refractivity contribution in [3.05, 3.63) is 89.3 Å². The molecule has 30 heavy (non-hydrogen) atoms. The number of halogens is 2. The molecule has 1 aromatic heterocycles. The highest BCUT2D eigenvalue weighted by atomic mass is 127. The van der Waals surface area contributed by atoms with Crippen LogP contribution in [0.3, 0.4) is 0 Å². The van der Waals surface area contributed by atoms with Gasteiger partial charge in [-0.25, -0.2) is 14.4 Å². The Bertz CT molecular complexity index is 956. The molecule has 0 aliphatic rings. The zero-order valence-electron chi connectivity index (χ0n) is 17.6. The normalized spacial score (nSPS) is 12.2. The first-order valence-electron chi connectivity index (χ1n) is 9.89. The summed E-state index contributed by atoms with van der Waals surface area (Å²) in [5.74, 6) is 0.522. The molecule has 0 radical (unpaired) electrons. The van der Waals surface area contributed by atoms with Crippen LogP contribution in [-0.2, 0) is 13.1 Å². The lowest BCUT2D eigenvalue weighted by Gasteiger charge is -2.18. The maximum absolute atomic E-state index is 13.9. The molecule has 160 valence electrons. The SMILES string of the molecule is CCNC(=NCc1cccc(Cn2ccnc2)c1)NC(C)c1ccc(C)c(F)c1.I. The third kappa shape index (κ3) is 6.83. The lowest BCUT2D eigenvalue weighted by atomic mass is 10.1. The molecule has 0 spiro atoms. The van der Waals surface area contributed by atoms with Gasteiger partial charge < -0.3 is 15.2 Å². The van der Waals surface area contributed by atoms with Crippen LogP contribution in [0.5, 0.6) is 0 Å². The number of imidazole rings is 1. The van der Waals surface area contributed by atoms with Gasteiger partial charge in [-0.3, -0.25) is 0 Å². The molecular formula is C23H29FIN5. The molecule has 0 amide bonds. The van der Waals surface area contributed by atoms with Gasteiger partial charge in [0.1, 0.15) is 5.82 Å². The van der Waals surface area contributed by atoms with E-state index < -0.39 is 0 Å². The Labute approximate surface area is 194 Å². The molecule has 5 nitrogen and oxygen atoms in total. The lowest BCUT2D eigenvalue weighted by Crippen LogP contribution is -2.38. The first-order valence-corrected chi connectivity index (χ1v) is 9.89. The smallest absolute Gasteiger partial charge is 0.192 e. The third-order valence-corrected chi connectivity index (χ3v) is 4.73. The van der Waals surface area contributed by atoms with Crippen LogP contribution in [0, 0.1) is 12.7 Å². The van der Waals surface area contributed by atoms with Crippen molar-refractivity contribution >= 4 is 29.9 Å². The summed E-state index contributed by atoms with van der Waals surface area (Å²) in [5.41, 5.74) is 3.88. The summed E-state index contributed by atoms with van der Waals surface area (Å²) < 4.78 is 15.9. The first kappa shape index (κ1) is 23.9. The average molecular weight is 521 g/mol. The summed E-state index contributed by atoms with van der Waals surface area (Å²) in [5, 5.41) is 6.63.